The highest BCUT2D eigenvalue weighted by molar-refractivity contribution is 6.30. The summed E-state index contributed by atoms with van der Waals surface area (Å²) in [5.41, 5.74) is -0.225. The molecule has 0 saturated carbocycles. The van der Waals surface area contributed by atoms with Gasteiger partial charge in [-0.3, -0.25) is 10.1 Å². The van der Waals surface area contributed by atoms with Gasteiger partial charge in [-0.15, -0.1) is 0 Å². The molecule has 1 aliphatic rings. The van der Waals surface area contributed by atoms with Crippen molar-refractivity contribution in [1.29, 1.82) is 0 Å². The van der Waals surface area contributed by atoms with Gasteiger partial charge < -0.3 is 9.64 Å². The lowest BCUT2D eigenvalue weighted by Crippen LogP contribution is -2.44. The third-order valence-corrected chi connectivity index (χ3v) is 4.26. The molecule has 1 aromatic heterocycles. The topological polar surface area (TPSA) is 76.5 Å². The Hall–Kier alpha value is -2.54. The van der Waals surface area contributed by atoms with Crippen LogP contribution in [0.1, 0.15) is 12.8 Å². The molecule has 1 aromatic carbocycles. The molecule has 25 heavy (non-hydrogen) atoms. The molecule has 132 valence electrons. The maximum absolute atomic E-state index is 12.3. The first kappa shape index (κ1) is 17.3. The van der Waals surface area contributed by atoms with Crippen LogP contribution in [0.4, 0.5) is 10.6 Å². The normalized spacial score (nSPS) is 15.0. The third-order valence-electron chi connectivity index (χ3n) is 4.02. The number of aryl methyl sites for hydroxylation is 1. The summed E-state index contributed by atoms with van der Waals surface area (Å²) in [6.45, 7) is 1.17. The van der Waals surface area contributed by atoms with E-state index in [4.69, 9.17) is 16.3 Å². The number of carbonyl (C=O) groups excluding carboxylic acids is 1. The summed E-state index contributed by atoms with van der Waals surface area (Å²) < 4.78 is 7.10. The number of hydrogen-bond donors (Lipinski definition) is 1. The molecule has 0 radical (unpaired) electrons. The zero-order chi connectivity index (χ0) is 17.8. The molecule has 8 heteroatoms. The van der Waals surface area contributed by atoms with E-state index in [9.17, 15) is 9.59 Å². The van der Waals surface area contributed by atoms with Crippen molar-refractivity contribution in [1.82, 2.24) is 14.7 Å². The van der Waals surface area contributed by atoms with E-state index in [0.29, 0.717) is 23.9 Å². The molecular formula is C17H19ClN4O3. The highest BCUT2D eigenvalue weighted by Gasteiger charge is 2.24. The van der Waals surface area contributed by atoms with Crippen molar-refractivity contribution in [3.8, 4) is 5.75 Å². The second-order valence-electron chi connectivity index (χ2n) is 5.87. The van der Waals surface area contributed by atoms with Gasteiger partial charge in [0.15, 0.2) is 5.82 Å². The van der Waals surface area contributed by atoms with Crippen LogP contribution in [0.2, 0.25) is 5.02 Å². The highest BCUT2D eigenvalue weighted by atomic mass is 35.5. The molecule has 0 unspecified atom stereocenters. The number of carbonyl (C=O) groups is 1. The van der Waals surface area contributed by atoms with Crippen LogP contribution in [0.3, 0.4) is 0 Å². The lowest BCUT2D eigenvalue weighted by Gasteiger charge is -2.32. The summed E-state index contributed by atoms with van der Waals surface area (Å²) in [5, 5.41) is 7.34. The fourth-order valence-electron chi connectivity index (χ4n) is 2.67. The number of likely N-dealkylation sites (tertiary alicyclic amines) is 1. The van der Waals surface area contributed by atoms with Crippen LogP contribution in [0.25, 0.3) is 0 Å². The molecule has 2 heterocycles. The van der Waals surface area contributed by atoms with Gasteiger partial charge in [0, 0.05) is 44.1 Å². The van der Waals surface area contributed by atoms with E-state index in [1.54, 1.807) is 17.0 Å². The number of nitrogens with one attached hydrogen (secondary N) is 1. The number of urea groups is 1. The number of halogens is 1. The zero-order valence-corrected chi connectivity index (χ0v) is 14.6. The monoisotopic (exact) mass is 362 g/mol. The lowest BCUT2D eigenvalue weighted by atomic mass is 10.1. The molecule has 1 fully saturated rings. The van der Waals surface area contributed by atoms with Gasteiger partial charge in [-0.1, -0.05) is 17.7 Å². The van der Waals surface area contributed by atoms with Crippen molar-refractivity contribution in [2.45, 2.75) is 18.9 Å². The number of amides is 2. The molecule has 7 nitrogen and oxygen atoms in total. The van der Waals surface area contributed by atoms with Crippen molar-refractivity contribution in [2.75, 3.05) is 18.4 Å². The summed E-state index contributed by atoms with van der Waals surface area (Å²) in [6, 6.07) is 9.94. The van der Waals surface area contributed by atoms with E-state index in [0.717, 1.165) is 18.6 Å². The molecule has 0 bridgehead atoms. The van der Waals surface area contributed by atoms with Gasteiger partial charge >= 0.3 is 6.03 Å². The van der Waals surface area contributed by atoms with Gasteiger partial charge in [-0.05, 0) is 24.3 Å². The SMILES string of the molecule is Cn1nc(NC(=O)N2CCC(Oc3cccc(Cl)c3)CC2)ccc1=O. The standard InChI is InChI=1S/C17H19ClN4O3/c1-21-16(23)6-5-15(20-21)19-17(24)22-9-7-13(8-10-22)25-14-4-2-3-12(18)11-14/h2-6,11,13H,7-10H2,1H3,(H,19,20,24). The number of nitrogens with zero attached hydrogens (tertiary/aromatic N) is 3. The van der Waals surface area contributed by atoms with E-state index >= 15 is 0 Å². The fourth-order valence-corrected chi connectivity index (χ4v) is 2.85. The minimum Gasteiger partial charge on any atom is -0.490 e. The molecular weight excluding hydrogens is 344 g/mol. The van der Waals surface area contributed by atoms with Crippen LogP contribution >= 0.6 is 11.6 Å². The van der Waals surface area contributed by atoms with E-state index < -0.39 is 0 Å². The van der Waals surface area contributed by atoms with Crippen molar-refractivity contribution >= 4 is 23.4 Å². The predicted octanol–water partition coefficient (Wildman–Crippen LogP) is 2.51. The van der Waals surface area contributed by atoms with E-state index in [1.807, 2.05) is 12.1 Å². The Kier molecular flexibility index (Phi) is 5.23. The first-order valence-electron chi connectivity index (χ1n) is 8.04. The summed E-state index contributed by atoms with van der Waals surface area (Å²) in [6.07, 6.45) is 1.53. The number of aromatic nitrogens is 2. The number of rotatable bonds is 3. The van der Waals surface area contributed by atoms with Gasteiger partial charge in [0.05, 0.1) is 0 Å². The average molecular weight is 363 g/mol. The molecule has 1 saturated heterocycles. The average Bonchev–Trinajstić information content (AvgIpc) is 2.59. The first-order valence-corrected chi connectivity index (χ1v) is 8.41. The quantitative estimate of drug-likeness (QED) is 0.910. The third kappa shape index (κ3) is 4.51. The molecule has 1 aliphatic heterocycles. The maximum Gasteiger partial charge on any atom is 0.323 e. The Labute approximate surface area is 150 Å². The van der Waals surface area contributed by atoms with Crippen LogP contribution in [0.15, 0.2) is 41.2 Å². The van der Waals surface area contributed by atoms with Crippen molar-refractivity contribution in [3.05, 3.63) is 51.8 Å². The van der Waals surface area contributed by atoms with Crippen molar-refractivity contribution < 1.29 is 9.53 Å². The smallest absolute Gasteiger partial charge is 0.323 e. The number of ether oxygens (including phenoxy) is 1. The Bertz CT molecular complexity index is 816. The van der Waals surface area contributed by atoms with E-state index in [1.165, 1.54) is 23.9 Å². The summed E-state index contributed by atoms with van der Waals surface area (Å²) >= 11 is 5.96. The van der Waals surface area contributed by atoms with Crippen LogP contribution in [0, 0.1) is 0 Å². The Morgan fingerprint density at radius 2 is 2.04 bits per heavy atom. The number of hydrogen-bond acceptors (Lipinski definition) is 4. The second kappa shape index (κ2) is 7.57. The van der Waals surface area contributed by atoms with Gasteiger partial charge in [-0.25, -0.2) is 9.48 Å². The molecule has 3 rings (SSSR count). The molecule has 2 amide bonds. The van der Waals surface area contributed by atoms with Crippen LogP contribution < -0.4 is 15.6 Å². The van der Waals surface area contributed by atoms with Crippen molar-refractivity contribution in [2.24, 2.45) is 7.05 Å². The Morgan fingerprint density at radius 1 is 1.28 bits per heavy atom. The molecule has 2 aromatic rings. The molecule has 1 N–H and O–H groups in total. The van der Waals surface area contributed by atoms with Gasteiger partial charge in [0.1, 0.15) is 11.9 Å². The van der Waals surface area contributed by atoms with Crippen LogP contribution in [-0.2, 0) is 7.05 Å². The maximum atomic E-state index is 12.3. The van der Waals surface area contributed by atoms with Gasteiger partial charge in [0.2, 0.25) is 0 Å². The summed E-state index contributed by atoms with van der Waals surface area (Å²) in [7, 11) is 1.54. The van der Waals surface area contributed by atoms with E-state index in [2.05, 4.69) is 10.4 Å². The van der Waals surface area contributed by atoms with Gasteiger partial charge in [0.25, 0.3) is 5.56 Å². The summed E-state index contributed by atoms with van der Waals surface area (Å²) in [4.78, 5) is 25.3. The van der Waals surface area contributed by atoms with Gasteiger partial charge in [-0.2, -0.15) is 5.10 Å². The Balaban J connectivity index is 1.52. The molecule has 0 aliphatic carbocycles. The van der Waals surface area contributed by atoms with E-state index in [-0.39, 0.29) is 17.7 Å². The second-order valence-corrected chi connectivity index (χ2v) is 6.31. The number of piperidine rings is 1. The highest BCUT2D eigenvalue weighted by Crippen LogP contribution is 2.22. The number of benzene rings is 1. The first-order chi connectivity index (χ1) is 12.0. The Morgan fingerprint density at radius 3 is 2.72 bits per heavy atom. The predicted molar refractivity (Wildman–Crippen MR) is 95.2 cm³/mol. The minimum absolute atomic E-state index is 0.0539. The number of anilines is 1. The minimum atomic E-state index is -0.229. The zero-order valence-electron chi connectivity index (χ0n) is 13.8. The fraction of sp³-hybridized carbons (Fsp3) is 0.353. The molecule has 0 spiro atoms. The summed E-state index contributed by atoms with van der Waals surface area (Å²) in [5.74, 6) is 1.09. The molecule has 0 atom stereocenters. The van der Waals surface area contributed by atoms with Crippen LogP contribution in [0.5, 0.6) is 5.75 Å². The van der Waals surface area contributed by atoms with Crippen molar-refractivity contribution in [3.63, 3.8) is 0 Å². The lowest BCUT2D eigenvalue weighted by molar-refractivity contribution is 0.115. The van der Waals surface area contributed by atoms with Crippen LogP contribution in [-0.4, -0.2) is 39.9 Å². The largest absolute Gasteiger partial charge is 0.490 e.